The number of nitrogens with zero attached hydrogens (tertiary/aromatic N) is 2. The molecule has 1 rings (SSSR count). The molecular weight excluding hydrogens is 128 g/mol. The third-order valence-electron chi connectivity index (χ3n) is 1.25. The first-order valence-corrected chi connectivity index (χ1v) is 3.10. The Kier molecular flexibility index (Phi) is 2.23. The quantitative estimate of drug-likeness (QED) is 0.643. The molecule has 0 aromatic carbocycles. The van der Waals surface area contributed by atoms with Gasteiger partial charge < -0.3 is 5.11 Å². The van der Waals surface area contributed by atoms with E-state index in [0.29, 0.717) is 0 Å². The van der Waals surface area contributed by atoms with Crippen molar-refractivity contribution in [2.45, 2.75) is 0 Å². The van der Waals surface area contributed by atoms with Crippen molar-refractivity contribution in [3.05, 3.63) is 24.0 Å². The van der Waals surface area contributed by atoms with Gasteiger partial charge in [-0.05, 0) is 12.1 Å². The van der Waals surface area contributed by atoms with Crippen LogP contribution in [0.5, 0.6) is 0 Å². The molecule has 0 aliphatic rings. The molecule has 0 fully saturated rings. The zero-order valence-corrected chi connectivity index (χ0v) is 5.86. The molecule has 0 aliphatic heterocycles. The molecule has 54 valence electrons. The lowest BCUT2D eigenvalue weighted by molar-refractivity contribution is 0.343. The third-order valence-corrected chi connectivity index (χ3v) is 1.25. The topological polar surface area (TPSA) is 38.0 Å². The Morgan fingerprint density at radius 1 is 1.80 bits per heavy atom. The Hall–Kier alpha value is -1.09. The van der Waals surface area contributed by atoms with E-state index in [-0.39, 0.29) is 6.61 Å². The lowest BCUT2D eigenvalue weighted by Crippen LogP contribution is -1.91. The lowest BCUT2D eigenvalue weighted by Gasteiger charge is -1.91. The molecule has 0 bridgehead atoms. The number of aliphatic hydroxyl groups is 1. The van der Waals surface area contributed by atoms with Gasteiger partial charge in [0, 0.05) is 13.2 Å². The Labute approximate surface area is 59.6 Å². The Morgan fingerprint density at radius 2 is 2.60 bits per heavy atom. The maximum absolute atomic E-state index is 8.44. The highest BCUT2D eigenvalue weighted by Crippen LogP contribution is 1.97. The van der Waals surface area contributed by atoms with Crippen molar-refractivity contribution in [2.75, 3.05) is 6.61 Å². The van der Waals surface area contributed by atoms with Crippen molar-refractivity contribution in [1.29, 1.82) is 0 Å². The number of hydrogen-bond donors (Lipinski definition) is 1. The van der Waals surface area contributed by atoms with Crippen LogP contribution in [0.4, 0.5) is 0 Å². The van der Waals surface area contributed by atoms with Gasteiger partial charge in [0.05, 0.1) is 12.3 Å². The SMILES string of the molecule is Cn1nccc1/C=C/CO. The molecule has 0 radical (unpaired) electrons. The first-order chi connectivity index (χ1) is 4.84. The number of hydrogen-bond acceptors (Lipinski definition) is 2. The van der Waals surface area contributed by atoms with Gasteiger partial charge in [0.2, 0.25) is 0 Å². The average molecular weight is 138 g/mol. The number of aromatic nitrogens is 2. The zero-order chi connectivity index (χ0) is 7.40. The molecule has 0 spiro atoms. The minimum absolute atomic E-state index is 0.0746. The van der Waals surface area contributed by atoms with Crippen LogP contribution in [-0.4, -0.2) is 21.5 Å². The molecule has 1 heterocycles. The molecule has 3 nitrogen and oxygen atoms in total. The van der Waals surface area contributed by atoms with Gasteiger partial charge in [0.15, 0.2) is 0 Å². The summed E-state index contributed by atoms with van der Waals surface area (Å²) in [5.74, 6) is 0. The largest absolute Gasteiger partial charge is 0.392 e. The van der Waals surface area contributed by atoms with Crippen LogP contribution >= 0.6 is 0 Å². The van der Waals surface area contributed by atoms with Gasteiger partial charge in [-0.2, -0.15) is 5.10 Å². The fourth-order valence-electron chi connectivity index (χ4n) is 0.721. The standard InChI is InChI=1S/C7H10N2O/c1-9-7(3-2-6-10)4-5-8-9/h2-5,10H,6H2,1H3/b3-2+. The summed E-state index contributed by atoms with van der Waals surface area (Å²) in [5, 5.41) is 12.4. The normalized spacial score (nSPS) is 11.0. The van der Waals surface area contributed by atoms with Gasteiger partial charge in [-0.15, -0.1) is 0 Å². The van der Waals surface area contributed by atoms with Crippen molar-refractivity contribution in [3.63, 3.8) is 0 Å². The van der Waals surface area contributed by atoms with Crippen LogP contribution in [0.25, 0.3) is 6.08 Å². The molecule has 0 unspecified atom stereocenters. The summed E-state index contributed by atoms with van der Waals surface area (Å²) in [6.45, 7) is 0.0746. The maximum Gasteiger partial charge on any atom is 0.0616 e. The van der Waals surface area contributed by atoms with Crippen molar-refractivity contribution in [2.24, 2.45) is 7.05 Å². The van der Waals surface area contributed by atoms with E-state index in [9.17, 15) is 0 Å². The Morgan fingerprint density at radius 3 is 3.10 bits per heavy atom. The molecule has 0 atom stereocenters. The van der Waals surface area contributed by atoms with Crippen molar-refractivity contribution in [1.82, 2.24) is 9.78 Å². The first-order valence-electron chi connectivity index (χ1n) is 3.10. The van der Waals surface area contributed by atoms with Gasteiger partial charge in [-0.1, -0.05) is 6.08 Å². The van der Waals surface area contributed by atoms with Crippen LogP contribution in [-0.2, 0) is 7.05 Å². The fraction of sp³-hybridized carbons (Fsp3) is 0.286. The van der Waals surface area contributed by atoms with E-state index < -0.39 is 0 Å². The van der Waals surface area contributed by atoms with Gasteiger partial charge >= 0.3 is 0 Å². The van der Waals surface area contributed by atoms with E-state index in [1.165, 1.54) is 0 Å². The fourth-order valence-corrected chi connectivity index (χ4v) is 0.721. The highest BCUT2D eigenvalue weighted by molar-refractivity contribution is 5.43. The van der Waals surface area contributed by atoms with E-state index in [4.69, 9.17) is 5.11 Å². The molecule has 1 aromatic heterocycles. The van der Waals surface area contributed by atoms with Crippen molar-refractivity contribution < 1.29 is 5.11 Å². The summed E-state index contributed by atoms with van der Waals surface area (Å²) in [6.07, 6.45) is 5.22. The summed E-state index contributed by atoms with van der Waals surface area (Å²) in [5.41, 5.74) is 0.994. The summed E-state index contributed by atoms with van der Waals surface area (Å²) in [7, 11) is 1.86. The summed E-state index contributed by atoms with van der Waals surface area (Å²) in [4.78, 5) is 0. The summed E-state index contributed by atoms with van der Waals surface area (Å²) < 4.78 is 1.74. The van der Waals surface area contributed by atoms with Gasteiger partial charge in [-0.3, -0.25) is 4.68 Å². The van der Waals surface area contributed by atoms with Crippen molar-refractivity contribution in [3.8, 4) is 0 Å². The molecule has 0 saturated heterocycles. The average Bonchev–Trinajstić information content (AvgIpc) is 2.31. The highest BCUT2D eigenvalue weighted by Gasteiger charge is 1.89. The number of rotatable bonds is 2. The third kappa shape index (κ3) is 1.45. The first kappa shape index (κ1) is 7.02. The van der Waals surface area contributed by atoms with E-state index in [2.05, 4.69) is 5.10 Å². The van der Waals surface area contributed by atoms with Crippen LogP contribution in [0.15, 0.2) is 18.3 Å². The molecule has 0 amide bonds. The van der Waals surface area contributed by atoms with Crippen LogP contribution in [0.1, 0.15) is 5.69 Å². The minimum atomic E-state index is 0.0746. The molecule has 0 aliphatic carbocycles. The number of aliphatic hydroxyl groups excluding tert-OH is 1. The molecule has 1 N–H and O–H groups in total. The molecule has 3 heteroatoms. The second kappa shape index (κ2) is 3.17. The maximum atomic E-state index is 8.44. The summed E-state index contributed by atoms with van der Waals surface area (Å²) >= 11 is 0. The Balaban J connectivity index is 2.74. The molecular formula is C7H10N2O. The predicted octanol–water partition coefficient (Wildman–Crippen LogP) is 0.426. The van der Waals surface area contributed by atoms with Gasteiger partial charge in [0.25, 0.3) is 0 Å². The number of aryl methyl sites for hydroxylation is 1. The van der Waals surface area contributed by atoms with Gasteiger partial charge in [0.1, 0.15) is 0 Å². The van der Waals surface area contributed by atoms with Crippen LogP contribution in [0.2, 0.25) is 0 Å². The van der Waals surface area contributed by atoms with Crippen LogP contribution in [0, 0.1) is 0 Å². The lowest BCUT2D eigenvalue weighted by atomic mass is 10.4. The van der Waals surface area contributed by atoms with Gasteiger partial charge in [-0.25, -0.2) is 0 Å². The van der Waals surface area contributed by atoms with Crippen molar-refractivity contribution >= 4 is 6.08 Å². The second-order valence-electron chi connectivity index (χ2n) is 1.96. The predicted molar refractivity (Wildman–Crippen MR) is 39.3 cm³/mol. The van der Waals surface area contributed by atoms with E-state index >= 15 is 0 Å². The molecule has 10 heavy (non-hydrogen) atoms. The smallest absolute Gasteiger partial charge is 0.0616 e. The minimum Gasteiger partial charge on any atom is -0.392 e. The zero-order valence-electron chi connectivity index (χ0n) is 5.86. The highest BCUT2D eigenvalue weighted by atomic mass is 16.2. The second-order valence-corrected chi connectivity index (χ2v) is 1.96. The van der Waals surface area contributed by atoms with E-state index in [0.717, 1.165) is 5.69 Å². The van der Waals surface area contributed by atoms with E-state index in [1.54, 1.807) is 17.0 Å². The summed E-state index contributed by atoms with van der Waals surface area (Å²) in [6, 6.07) is 1.88. The van der Waals surface area contributed by atoms with Crippen LogP contribution in [0.3, 0.4) is 0 Å². The van der Waals surface area contributed by atoms with Crippen LogP contribution < -0.4 is 0 Å². The monoisotopic (exact) mass is 138 g/mol. The molecule has 0 saturated carbocycles. The van der Waals surface area contributed by atoms with E-state index in [1.807, 2.05) is 19.2 Å². The Bertz CT molecular complexity index is 227. The molecule has 1 aromatic rings.